The highest BCUT2D eigenvalue weighted by molar-refractivity contribution is 5.44. The number of alkyl halides is 2. The van der Waals surface area contributed by atoms with E-state index < -0.39 is 11.8 Å². The summed E-state index contributed by atoms with van der Waals surface area (Å²) in [5.74, 6) is -0.793. The fourth-order valence-electron chi connectivity index (χ4n) is 5.11. The first-order valence-corrected chi connectivity index (χ1v) is 13.5. The molecule has 0 aromatic heterocycles. The van der Waals surface area contributed by atoms with Gasteiger partial charge in [0, 0.05) is 12.3 Å². The third kappa shape index (κ3) is 13.4. The van der Waals surface area contributed by atoms with E-state index >= 15 is 0 Å². The van der Waals surface area contributed by atoms with Crippen molar-refractivity contribution in [1.29, 1.82) is 0 Å². The number of carbonyl (C=O) groups excluding carboxylic acids is 1. The van der Waals surface area contributed by atoms with Gasteiger partial charge in [-0.25, -0.2) is 8.78 Å². The number of halogens is 2. The summed E-state index contributed by atoms with van der Waals surface area (Å²) in [6, 6.07) is 0. The van der Waals surface area contributed by atoms with Gasteiger partial charge >= 0.3 is 0 Å². The van der Waals surface area contributed by atoms with Crippen LogP contribution in [0.2, 0.25) is 0 Å². The molecular weight excluding hydrogens is 426 g/mol. The Kier molecular flexibility index (Phi) is 17.1. The quantitative estimate of drug-likeness (QED) is 0.193. The summed E-state index contributed by atoms with van der Waals surface area (Å²) in [7, 11) is 0. The molecule has 0 bridgehead atoms. The molecule has 34 heavy (non-hydrogen) atoms. The summed E-state index contributed by atoms with van der Waals surface area (Å²) >= 11 is 0. The van der Waals surface area contributed by atoms with E-state index in [0.717, 1.165) is 48.5 Å². The Morgan fingerprint density at radius 1 is 0.912 bits per heavy atom. The first-order valence-electron chi connectivity index (χ1n) is 13.5. The number of carbonyl (C=O) groups is 1. The monoisotopic (exact) mass is 478 g/mol. The minimum Gasteiger partial charge on any atom is -0.304 e. The highest BCUT2D eigenvalue weighted by Gasteiger charge is 2.42. The molecule has 0 aliphatic heterocycles. The van der Waals surface area contributed by atoms with Crippen LogP contribution in [0, 0.1) is 23.7 Å². The van der Waals surface area contributed by atoms with Crippen LogP contribution in [0.5, 0.6) is 0 Å². The normalized spacial score (nSPS) is 25.5. The van der Waals surface area contributed by atoms with Gasteiger partial charge in [0.05, 0.1) is 0 Å². The van der Waals surface area contributed by atoms with Gasteiger partial charge < -0.3 is 4.79 Å². The van der Waals surface area contributed by atoms with Crippen molar-refractivity contribution in [2.24, 2.45) is 23.7 Å². The smallest absolute Gasteiger partial charge is 0.254 e. The molecule has 0 aromatic carbocycles. The first kappa shape index (κ1) is 32.5. The fraction of sp³-hybridized carbons (Fsp3) is 0.710. The molecule has 0 unspecified atom stereocenters. The van der Waals surface area contributed by atoms with Crippen LogP contribution in [-0.2, 0) is 4.79 Å². The molecule has 0 radical (unpaired) electrons. The van der Waals surface area contributed by atoms with Crippen molar-refractivity contribution >= 4 is 6.29 Å². The number of rotatable bonds is 8. The Labute approximate surface area is 209 Å². The molecule has 0 heterocycles. The number of hydrogen-bond donors (Lipinski definition) is 0. The van der Waals surface area contributed by atoms with Gasteiger partial charge in [-0.05, 0) is 94.6 Å². The lowest BCUT2D eigenvalue weighted by Gasteiger charge is -2.39. The van der Waals surface area contributed by atoms with Crippen molar-refractivity contribution in [2.75, 3.05) is 0 Å². The second-order valence-electron chi connectivity index (χ2n) is 10.5. The highest BCUT2D eigenvalue weighted by atomic mass is 19.3. The predicted molar refractivity (Wildman–Crippen MR) is 145 cm³/mol. The van der Waals surface area contributed by atoms with Gasteiger partial charge in [0.2, 0.25) is 0 Å². The Balaban J connectivity index is 0.00000164. The van der Waals surface area contributed by atoms with E-state index in [4.69, 9.17) is 4.79 Å². The average molecular weight is 479 g/mol. The van der Waals surface area contributed by atoms with Crippen molar-refractivity contribution in [3.63, 3.8) is 0 Å². The minimum atomic E-state index is -2.64. The van der Waals surface area contributed by atoms with Gasteiger partial charge in [-0.15, -0.1) is 0 Å². The molecule has 0 saturated heterocycles. The zero-order valence-electron chi connectivity index (χ0n) is 23.0. The Morgan fingerprint density at radius 2 is 1.35 bits per heavy atom. The fourth-order valence-corrected chi connectivity index (χ4v) is 5.11. The molecule has 3 heteroatoms. The summed E-state index contributed by atoms with van der Waals surface area (Å²) in [5.41, 5.74) is 2.69. The molecule has 0 amide bonds. The second-order valence-corrected chi connectivity index (χ2v) is 10.5. The lowest BCUT2D eigenvalue weighted by molar-refractivity contribution is -0.106. The third-order valence-corrected chi connectivity index (χ3v) is 6.97. The summed E-state index contributed by atoms with van der Waals surface area (Å²) < 4.78 is 29.7. The summed E-state index contributed by atoms with van der Waals surface area (Å²) in [6.45, 7) is 19.8. The summed E-state index contributed by atoms with van der Waals surface area (Å²) in [5, 5.41) is 0. The van der Waals surface area contributed by atoms with Crippen LogP contribution in [0.1, 0.15) is 112 Å². The number of allylic oxidation sites excluding steroid dienone is 6. The number of aldehydes is 1. The lowest BCUT2D eigenvalue weighted by Crippen LogP contribution is -2.34. The van der Waals surface area contributed by atoms with Gasteiger partial charge in [-0.2, -0.15) is 0 Å². The van der Waals surface area contributed by atoms with Crippen LogP contribution in [0.25, 0.3) is 0 Å². The molecule has 2 saturated carbocycles. The van der Waals surface area contributed by atoms with Crippen LogP contribution in [-0.4, -0.2) is 12.2 Å². The maximum absolute atomic E-state index is 14.9. The molecule has 0 aromatic rings. The first-order chi connectivity index (χ1) is 16.0. The SMILES string of the molecule is C=C(C)CC(/C=C\C(=C)CC(F)(F)C1CCC(C2CCC(C)CC2)CC1)=C/C.CC=O.CCC. The average Bonchev–Trinajstić information content (AvgIpc) is 2.78. The minimum absolute atomic E-state index is 0.218. The van der Waals surface area contributed by atoms with E-state index in [1.807, 2.05) is 26.0 Å². The maximum Gasteiger partial charge on any atom is 0.254 e. The molecule has 1 nitrogen and oxygen atoms in total. The van der Waals surface area contributed by atoms with Gasteiger partial charge in [0.25, 0.3) is 5.92 Å². The van der Waals surface area contributed by atoms with E-state index in [1.165, 1.54) is 39.0 Å². The lowest BCUT2D eigenvalue weighted by atomic mass is 9.68. The molecule has 196 valence electrons. The second kappa shape index (κ2) is 17.9. The predicted octanol–water partition coefficient (Wildman–Crippen LogP) is 10.3. The van der Waals surface area contributed by atoms with E-state index in [-0.39, 0.29) is 6.42 Å². The molecule has 2 aliphatic rings. The molecule has 0 N–H and O–H groups in total. The van der Waals surface area contributed by atoms with Gasteiger partial charge in [0.15, 0.2) is 0 Å². The third-order valence-electron chi connectivity index (χ3n) is 6.97. The van der Waals surface area contributed by atoms with E-state index in [0.29, 0.717) is 24.3 Å². The van der Waals surface area contributed by atoms with Gasteiger partial charge in [-0.1, -0.05) is 77.0 Å². The Morgan fingerprint density at radius 3 is 1.76 bits per heavy atom. The summed E-state index contributed by atoms with van der Waals surface area (Å²) in [4.78, 5) is 8.81. The van der Waals surface area contributed by atoms with Crippen LogP contribution in [0.4, 0.5) is 8.78 Å². The molecule has 2 rings (SSSR count). The zero-order valence-corrected chi connectivity index (χ0v) is 23.0. The topological polar surface area (TPSA) is 17.1 Å². The van der Waals surface area contributed by atoms with E-state index in [2.05, 4.69) is 33.9 Å². The van der Waals surface area contributed by atoms with E-state index in [9.17, 15) is 8.78 Å². The zero-order chi connectivity index (χ0) is 26.1. The van der Waals surface area contributed by atoms with Crippen molar-refractivity contribution in [1.82, 2.24) is 0 Å². The van der Waals surface area contributed by atoms with Crippen LogP contribution in [0.3, 0.4) is 0 Å². The van der Waals surface area contributed by atoms with Crippen LogP contribution in [0.15, 0.2) is 48.1 Å². The number of hydrogen-bond acceptors (Lipinski definition) is 1. The van der Waals surface area contributed by atoms with Crippen molar-refractivity contribution in [2.45, 2.75) is 118 Å². The highest BCUT2D eigenvalue weighted by Crippen LogP contribution is 2.46. The Bertz CT molecular complexity index is 642. The van der Waals surface area contributed by atoms with Gasteiger partial charge in [-0.3, -0.25) is 0 Å². The standard InChI is InChI=1S/C26H40F2.C3H8.C2H4O/c1-6-22(17-19(2)3)10-7-21(5)18-26(27,28)25-15-13-24(14-16-25)23-11-8-20(4)9-12-23;1-3-2;1-2-3/h6-7,10,20,23-25H,2,5,8-9,11-18H2,1,3-4H3;3H2,1-2H3;2H,1H3/b10-7-,22-6+;;. The molecule has 2 aliphatic carbocycles. The largest absolute Gasteiger partial charge is 0.304 e. The van der Waals surface area contributed by atoms with Crippen molar-refractivity contribution < 1.29 is 13.6 Å². The molecule has 0 spiro atoms. The summed E-state index contributed by atoms with van der Waals surface area (Å²) in [6.07, 6.45) is 16.8. The molecule has 2 fully saturated rings. The molecular formula is C31H52F2O. The van der Waals surface area contributed by atoms with Crippen LogP contribution < -0.4 is 0 Å². The maximum atomic E-state index is 14.9. The van der Waals surface area contributed by atoms with Crippen molar-refractivity contribution in [3.8, 4) is 0 Å². The van der Waals surface area contributed by atoms with Crippen LogP contribution >= 0.6 is 0 Å². The molecule has 0 atom stereocenters. The van der Waals surface area contributed by atoms with Gasteiger partial charge in [0.1, 0.15) is 6.29 Å². The van der Waals surface area contributed by atoms with E-state index in [1.54, 1.807) is 6.08 Å². The van der Waals surface area contributed by atoms with Crippen molar-refractivity contribution in [3.05, 3.63) is 48.1 Å². The Hall–Kier alpha value is -1.51.